The molecule has 1 unspecified atom stereocenters. The fourth-order valence-electron chi connectivity index (χ4n) is 4.59. The Kier molecular flexibility index (Phi) is 12.1. The van der Waals surface area contributed by atoms with Crippen LogP contribution in [0.25, 0.3) is 0 Å². The van der Waals surface area contributed by atoms with Gasteiger partial charge in [0.25, 0.3) is 0 Å². The van der Waals surface area contributed by atoms with Crippen molar-refractivity contribution in [2.75, 3.05) is 32.7 Å². The van der Waals surface area contributed by atoms with Crippen LogP contribution in [-0.2, 0) is 0 Å². The molecule has 2 aliphatic rings. The van der Waals surface area contributed by atoms with E-state index < -0.39 is 0 Å². The van der Waals surface area contributed by atoms with Crippen molar-refractivity contribution in [3.63, 3.8) is 0 Å². The first-order valence-corrected chi connectivity index (χ1v) is 11.8. The van der Waals surface area contributed by atoms with E-state index in [-0.39, 0.29) is 0 Å². The summed E-state index contributed by atoms with van der Waals surface area (Å²) in [5.74, 6) is 7.66. The third kappa shape index (κ3) is 9.79. The highest BCUT2D eigenvalue weighted by Gasteiger charge is 2.21. The maximum absolute atomic E-state index is 3.60. The summed E-state index contributed by atoms with van der Waals surface area (Å²) in [5.41, 5.74) is 4.63. The summed E-state index contributed by atoms with van der Waals surface area (Å²) in [6.45, 7) is 10.3. The van der Waals surface area contributed by atoms with Gasteiger partial charge in [-0.1, -0.05) is 50.7 Å². The van der Waals surface area contributed by atoms with E-state index in [0.717, 1.165) is 31.1 Å². The molecule has 1 aliphatic heterocycles. The number of rotatable bonds is 10. The van der Waals surface area contributed by atoms with E-state index in [0.29, 0.717) is 0 Å². The van der Waals surface area contributed by atoms with Crippen LogP contribution in [0.5, 0.6) is 0 Å². The van der Waals surface area contributed by atoms with Crippen LogP contribution in [-0.4, -0.2) is 37.6 Å². The maximum atomic E-state index is 3.60. The number of allylic oxidation sites excluding steroid dienone is 2. The zero-order valence-electron chi connectivity index (χ0n) is 18.4. The minimum absolute atomic E-state index is 0.840. The predicted molar refractivity (Wildman–Crippen MR) is 122 cm³/mol. The van der Waals surface area contributed by atoms with Crippen LogP contribution < -0.4 is 5.32 Å². The Hall–Kier alpha value is -1.26. The summed E-state index contributed by atoms with van der Waals surface area (Å²) in [5, 5.41) is 3.60. The number of nitrogens with one attached hydrogen (secondary N) is 1. The Balaban J connectivity index is 1.87. The second kappa shape index (κ2) is 14.7. The third-order valence-corrected chi connectivity index (χ3v) is 6.08. The molecule has 0 aromatic carbocycles. The largest absolute Gasteiger partial charge is 0.316 e. The quantitative estimate of drug-likeness (QED) is 0.295. The molecule has 2 fully saturated rings. The van der Waals surface area contributed by atoms with Gasteiger partial charge in [0.05, 0.1) is 0 Å². The summed E-state index contributed by atoms with van der Waals surface area (Å²) in [4.78, 5) is 2.78. The lowest BCUT2D eigenvalue weighted by Crippen LogP contribution is -2.40. The normalized spacial score (nSPS) is 20.6. The third-order valence-electron chi connectivity index (χ3n) is 6.08. The fourth-order valence-corrected chi connectivity index (χ4v) is 4.59. The van der Waals surface area contributed by atoms with Gasteiger partial charge in [-0.3, -0.25) is 0 Å². The van der Waals surface area contributed by atoms with Crippen LogP contribution >= 0.6 is 0 Å². The SMILES string of the molecule is CC#CC=C=C(C=CCCN(CC1CCCCC1)CC1CCCNC1)CCC. The molecule has 1 heterocycles. The highest BCUT2D eigenvalue weighted by Crippen LogP contribution is 2.25. The van der Waals surface area contributed by atoms with Gasteiger partial charge in [0, 0.05) is 25.7 Å². The van der Waals surface area contributed by atoms with Crippen molar-refractivity contribution in [1.29, 1.82) is 0 Å². The molecule has 2 nitrogen and oxygen atoms in total. The zero-order chi connectivity index (χ0) is 19.9. The molecule has 1 saturated heterocycles. The highest BCUT2D eigenvalue weighted by molar-refractivity contribution is 5.23. The highest BCUT2D eigenvalue weighted by atomic mass is 15.1. The predicted octanol–water partition coefficient (Wildman–Crippen LogP) is 5.72. The number of hydrogen-bond acceptors (Lipinski definition) is 2. The van der Waals surface area contributed by atoms with E-state index in [1.807, 2.05) is 13.0 Å². The van der Waals surface area contributed by atoms with Gasteiger partial charge < -0.3 is 10.2 Å². The van der Waals surface area contributed by atoms with Crippen molar-refractivity contribution in [3.8, 4) is 11.8 Å². The smallest absolute Gasteiger partial charge is 0.0304 e. The molecule has 2 rings (SSSR count). The van der Waals surface area contributed by atoms with Crippen LogP contribution in [0.15, 0.2) is 29.5 Å². The average molecular weight is 383 g/mol. The Morgan fingerprint density at radius 2 is 1.86 bits per heavy atom. The summed E-state index contributed by atoms with van der Waals surface area (Å²) in [6, 6.07) is 0. The molecule has 0 aromatic rings. The molecule has 2 heteroatoms. The van der Waals surface area contributed by atoms with Gasteiger partial charge in [-0.05, 0) is 75.9 Å². The zero-order valence-corrected chi connectivity index (χ0v) is 18.4. The van der Waals surface area contributed by atoms with Gasteiger partial charge in [0.2, 0.25) is 0 Å². The maximum Gasteiger partial charge on any atom is 0.0304 e. The van der Waals surface area contributed by atoms with Crippen LogP contribution in [0.4, 0.5) is 0 Å². The molecule has 156 valence electrons. The van der Waals surface area contributed by atoms with Crippen molar-refractivity contribution in [2.24, 2.45) is 11.8 Å². The summed E-state index contributed by atoms with van der Waals surface area (Å²) >= 11 is 0. The molecular weight excluding hydrogens is 340 g/mol. The molecule has 1 atom stereocenters. The van der Waals surface area contributed by atoms with E-state index in [1.165, 1.54) is 83.2 Å². The first-order valence-electron chi connectivity index (χ1n) is 11.8. The van der Waals surface area contributed by atoms with Gasteiger partial charge in [-0.2, -0.15) is 0 Å². The van der Waals surface area contributed by atoms with E-state index in [9.17, 15) is 0 Å². The van der Waals surface area contributed by atoms with Crippen molar-refractivity contribution in [2.45, 2.75) is 78.1 Å². The Bertz CT molecular complexity index is 539. The molecule has 0 spiro atoms. The van der Waals surface area contributed by atoms with Crippen molar-refractivity contribution < 1.29 is 0 Å². The van der Waals surface area contributed by atoms with Crippen LogP contribution in [0, 0.1) is 23.7 Å². The molecule has 1 saturated carbocycles. The molecule has 0 aromatic heterocycles. The second-order valence-electron chi connectivity index (χ2n) is 8.63. The molecule has 28 heavy (non-hydrogen) atoms. The van der Waals surface area contributed by atoms with E-state index in [2.05, 4.69) is 46.9 Å². The van der Waals surface area contributed by atoms with Crippen molar-refractivity contribution in [3.05, 3.63) is 29.5 Å². The molecule has 0 radical (unpaired) electrons. The lowest BCUT2D eigenvalue weighted by Gasteiger charge is -2.33. The monoisotopic (exact) mass is 382 g/mol. The second-order valence-corrected chi connectivity index (χ2v) is 8.63. The fraction of sp³-hybridized carbons (Fsp3) is 0.731. The minimum Gasteiger partial charge on any atom is -0.316 e. The van der Waals surface area contributed by atoms with E-state index in [1.54, 1.807) is 0 Å². The first kappa shape index (κ1) is 23.0. The van der Waals surface area contributed by atoms with Crippen LogP contribution in [0.1, 0.15) is 78.1 Å². The first-order chi connectivity index (χ1) is 13.8. The van der Waals surface area contributed by atoms with Crippen molar-refractivity contribution in [1.82, 2.24) is 10.2 Å². The number of piperidine rings is 1. The lowest BCUT2D eigenvalue weighted by atomic mass is 9.88. The Labute approximate surface area is 174 Å². The molecular formula is C26H42N2. The summed E-state index contributed by atoms with van der Waals surface area (Å²) in [7, 11) is 0. The van der Waals surface area contributed by atoms with Crippen LogP contribution in [0.3, 0.4) is 0 Å². The van der Waals surface area contributed by atoms with Gasteiger partial charge in [-0.25, -0.2) is 0 Å². The van der Waals surface area contributed by atoms with Gasteiger partial charge in [0.1, 0.15) is 0 Å². The lowest BCUT2D eigenvalue weighted by molar-refractivity contribution is 0.166. The number of nitrogens with zero attached hydrogens (tertiary/aromatic N) is 1. The van der Waals surface area contributed by atoms with E-state index in [4.69, 9.17) is 0 Å². The van der Waals surface area contributed by atoms with Gasteiger partial charge in [0.15, 0.2) is 0 Å². The Morgan fingerprint density at radius 3 is 2.57 bits per heavy atom. The molecule has 1 N–H and O–H groups in total. The minimum atomic E-state index is 0.840. The van der Waals surface area contributed by atoms with E-state index >= 15 is 0 Å². The summed E-state index contributed by atoms with van der Waals surface area (Å²) < 4.78 is 0. The molecule has 0 bridgehead atoms. The van der Waals surface area contributed by atoms with Gasteiger partial charge >= 0.3 is 0 Å². The molecule has 1 aliphatic carbocycles. The molecule has 0 amide bonds. The average Bonchev–Trinajstić information content (AvgIpc) is 2.72. The number of hydrogen-bond donors (Lipinski definition) is 1. The Morgan fingerprint density at radius 1 is 1.07 bits per heavy atom. The standard InChI is InChI=1S/C26H42N2/c1-3-5-7-14-24(13-4-2)15-10-11-20-28(22-25-16-8-6-9-17-25)23-26-18-12-19-27-21-26/h7,10,15,25-27H,4,6,8-9,11-13,16-23H2,1-2H3. The topological polar surface area (TPSA) is 15.3 Å². The van der Waals surface area contributed by atoms with Gasteiger partial charge in [-0.15, -0.1) is 11.7 Å². The van der Waals surface area contributed by atoms with Crippen molar-refractivity contribution >= 4 is 0 Å². The van der Waals surface area contributed by atoms with Crippen LogP contribution in [0.2, 0.25) is 0 Å². The summed E-state index contributed by atoms with van der Waals surface area (Å²) in [6.07, 6.45) is 19.9.